The summed E-state index contributed by atoms with van der Waals surface area (Å²) >= 11 is 0. The number of methoxy groups -OCH3 is 1. The SMILES string of the molecule is CC[C@@H](C)[C@H](NC(=O)COC(=O)c1ccc(F)cc1F)C(=O)OC. The standard InChI is InChI=1S/C16H19F2NO5/c1-4-9(2)14(16(22)23-3)19-13(20)8-24-15(21)11-6-5-10(17)7-12(11)18/h5-7,9,14H,4,8H2,1-3H3,(H,19,20)/t9-,14+/m1/s1. The van der Waals surface area contributed by atoms with Gasteiger partial charge in [0.1, 0.15) is 17.7 Å². The minimum atomic E-state index is -1.11. The Balaban J connectivity index is 2.64. The van der Waals surface area contributed by atoms with E-state index >= 15 is 0 Å². The van der Waals surface area contributed by atoms with Gasteiger partial charge < -0.3 is 14.8 Å². The third-order valence-corrected chi connectivity index (χ3v) is 3.47. The van der Waals surface area contributed by atoms with E-state index in [0.29, 0.717) is 12.5 Å². The van der Waals surface area contributed by atoms with Gasteiger partial charge in [-0.2, -0.15) is 0 Å². The fourth-order valence-electron chi connectivity index (χ4n) is 1.88. The quantitative estimate of drug-likeness (QED) is 0.764. The Bertz CT molecular complexity index is 620. The Morgan fingerprint density at radius 1 is 1.25 bits per heavy atom. The van der Waals surface area contributed by atoms with Gasteiger partial charge in [0.15, 0.2) is 6.61 Å². The zero-order chi connectivity index (χ0) is 18.3. The first-order valence-electron chi connectivity index (χ1n) is 7.29. The van der Waals surface area contributed by atoms with Crippen molar-refractivity contribution in [3.63, 3.8) is 0 Å². The number of carbonyl (C=O) groups excluding carboxylic acids is 3. The number of nitrogens with one attached hydrogen (secondary N) is 1. The van der Waals surface area contributed by atoms with E-state index in [-0.39, 0.29) is 5.92 Å². The normalized spacial score (nSPS) is 12.9. The molecule has 0 heterocycles. The number of hydrogen-bond donors (Lipinski definition) is 1. The molecule has 0 spiro atoms. The Labute approximate surface area is 138 Å². The summed E-state index contributed by atoms with van der Waals surface area (Å²) in [7, 11) is 1.20. The average Bonchev–Trinajstić information content (AvgIpc) is 2.56. The highest BCUT2D eigenvalue weighted by Gasteiger charge is 2.27. The van der Waals surface area contributed by atoms with Crippen LogP contribution in [-0.2, 0) is 19.1 Å². The molecule has 6 nitrogen and oxygen atoms in total. The fourth-order valence-corrected chi connectivity index (χ4v) is 1.88. The van der Waals surface area contributed by atoms with Crippen LogP contribution in [0.1, 0.15) is 30.6 Å². The molecule has 0 bridgehead atoms. The van der Waals surface area contributed by atoms with Crippen LogP contribution in [0.15, 0.2) is 18.2 Å². The summed E-state index contributed by atoms with van der Waals surface area (Å²) in [6.07, 6.45) is 0.612. The van der Waals surface area contributed by atoms with Crippen molar-refractivity contribution in [1.29, 1.82) is 0 Å². The average molecular weight is 343 g/mol. The summed E-state index contributed by atoms with van der Waals surface area (Å²) in [6, 6.07) is 1.47. The topological polar surface area (TPSA) is 81.7 Å². The Hall–Kier alpha value is -2.51. The maximum absolute atomic E-state index is 13.4. The van der Waals surface area contributed by atoms with E-state index in [1.807, 2.05) is 6.92 Å². The molecule has 0 radical (unpaired) electrons. The highest BCUT2D eigenvalue weighted by molar-refractivity contribution is 5.92. The van der Waals surface area contributed by atoms with Gasteiger partial charge in [-0.15, -0.1) is 0 Å². The number of rotatable bonds is 7. The predicted octanol–water partition coefficient (Wildman–Crippen LogP) is 1.83. The first kappa shape index (κ1) is 19.5. The number of carbonyl (C=O) groups is 3. The molecule has 1 aromatic carbocycles. The van der Waals surface area contributed by atoms with Crippen LogP contribution < -0.4 is 5.32 Å². The maximum atomic E-state index is 13.4. The molecule has 0 aromatic heterocycles. The summed E-state index contributed by atoms with van der Waals surface area (Å²) in [6.45, 7) is 2.88. The van der Waals surface area contributed by atoms with Crippen molar-refractivity contribution in [2.24, 2.45) is 5.92 Å². The van der Waals surface area contributed by atoms with Crippen LogP contribution >= 0.6 is 0 Å². The number of amides is 1. The minimum Gasteiger partial charge on any atom is -0.467 e. The summed E-state index contributed by atoms with van der Waals surface area (Å²) in [5.74, 6) is -4.58. The van der Waals surface area contributed by atoms with Crippen LogP contribution in [-0.4, -0.2) is 37.6 Å². The van der Waals surface area contributed by atoms with Crippen molar-refractivity contribution in [2.45, 2.75) is 26.3 Å². The van der Waals surface area contributed by atoms with Crippen LogP contribution in [0, 0.1) is 17.6 Å². The van der Waals surface area contributed by atoms with Gasteiger partial charge in [-0.3, -0.25) is 4.79 Å². The molecule has 1 aromatic rings. The van der Waals surface area contributed by atoms with Gasteiger partial charge in [-0.05, 0) is 18.1 Å². The van der Waals surface area contributed by atoms with Gasteiger partial charge in [0.25, 0.3) is 5.91 Å². The molecule has 1 rings (SSSR count). The van der Waals surface area contributed by atoms with Crippen molar-refractivity contribution >= 4 is 17.8 Å². The molecule has 1 amide bonds. The molecule has 0 saturated heterocycles. The van der Waals surface area contributed by atoms with Gasteiger partial charge in [-0.1, -0.05) is 20.3 Å². The second-order valence-electron chi connectivity index (χ2n) is 5.15. The highest BCUT2D eigenvalue weighted by Crippen LogP contribution is 2.11. The summed E-state index contributed by atoms with van der Waals surface area (Å²) in [5.41, 5.74) is -0.490. The van der Waals surface area contributed by atoms with E-state index < -0.39 is 47.7 Å². The van der Waals surface area contributed by atoms with Crippen molar-refractivity contribution < 1.29 is 32.6 Å². The number of ether oxygens (including phenoxy) is 2. The van der Waals surface area contributed by atoms with Gasteiger partial charge in [0.05, 0.1) is 12.7 Å². The lowest BCUT2D eigenvalue weighted by Gasteiger charge is -2.21. The molecule has 2 atom stereocenters. The summed E-state index contributed by atoms with van der Waals surface area (Å²) in [5, 5.41) is 2.40. The molecule has 8 heteroatoms. The first-order chi connectivity index (χ1) is 11.3. The molecule has 0 saturated carbocycles. The predicted molar refractivity (Wildman–Crippen MR) is 80.0 cm³/mol. The van der Waals surface area contributed by atoms with Crippen molar-refractivity contribution in [3.8, 4) is 0 Å². The number of hydrogen-bond acceptors (Lipinski definition) is 5. The highest BCUT2D eigenvalue weighted by atomic mass is 19.1. The van der Waals surface area contributed by atoms with Gasteiger partial charge in [0, 0.05) is 6.07 Å². The van der Waals surface area contributed by atoms with E-state index in [9.17, 15) is 23.2 Å². The van der Waals surface area contributed by atoms with Crippen molar-refractivity contribution in [1.82, 2.24) is 5.32 Å². The van der Waals surface area contributed by atoms with Crippen LogP contribution in [0.3, 0.4) is 0 Å². The van der Waals surface area contributed by atoms with Crippen LogP contribution in [0.4, 0.5) is 8.78 Å². The van der Waals surface area contributed by atoms with Crippen LogP contribution in [0.25, 0.3) is 0 Å². The Kier molecular flexibility index (Phi) is 7.29. The van der Waals surface area contributed by atoms with E-state index in [1.165, 1.54) is 7.11 Å². The molecule has 0 aliphatic rings. The molecule has 24 heavy (non-hydrogen) atoms. The van der Waals surface area contributed by atoms with Gasteiger partial charge in [-0.25, -0.2) is 18.4 Å². The lowest BCUT2D eigenvalue weighted by molar-refractivity contribution is -0.147. The lowest BCUT2D eigenvalue weighted by atomic mass is 9.99. The molecule has 0 aliphatic heterocycles. The molecule has 1 N–H and O–H groups in total. The molecule has 0 fully saturated rings. The zero-order valence-electron chi connectivity index (χ0n) is 13.6. The fraction of sp³-hybridized carbons (Fsp3) is 0.438. The second-order valence-corrected chi connectivity index (χ2v) is 5.15. The molecule has 0 unspecified atom stereocenters. The second kappa shape index (κ2) is 8.95. The number of esters is 2. The van der Waals surface area contributed by atoms with Crippen molar-refractivity contribution in [3.05, 3.63) is 35.4 Å². The van der Waals surface area contributed by atoms with Crippen LogP contribution in [0.5, 0.6) is 0 Å². The monoisotopic (exact) mass is 343 g/mol. The molecule has 0 aliphatic carbocycles. The van der Waals surface area contributed by atoms with E-state index in [1.54, 1.807) is 6.92 Å². The Morgan fingerprint density at radius 2 is 1.92 bits per heavy atom. The smallest absolute Gasteiger partial charge is 0.341 e. The van der Waals surface area contributed by atoms with E-state index in [2.05, 4.69) is 14.8 Å². The minimum absolute atomic E-state index is 0.188. The lowest BCUT2D eigenvalue weighted by Crippen LogP contribution is -2.47. The van der Waals surface area contributed by atoms with Gasteiger partial charge >= 0.3 is 11.9 Å². The largest absolute Gasteiger partial charge is 0.467 e. The van der Waals surface area contributed by atoms with Crippen LogP contribution in [0.2, 0.25) is 0 Å². The van der Waals surface area contributed by atoms with Crippen molar-refractivity contribution in [2.75, 3.05) is 13.7 Å². The first-order valence-corrected chi connectivity index (χ1v) is 7.29. The zero-order valence-corrected chi connectivity index (χ0v) is 13.6. The summed E-state index contributed by atoms with van der Waals surface area (Å²) in [4.78, 5) is 35.2. The third-order valence-electron chi connectivity index (χ3n) is 3.47. The molecule has 132 valence electrons. The number of halogens is 2. The summed E-state index contributed by atoms with van der Waals surface area (Å²) < 4.78 is 35.5. The Morgan fingerprint density at radius 3 is 2.46 bits per heavy atom. The maximum Gasteiger partial charge on any atom is 0.341 e. The third kappa shape index (κ3) is 5.29. The van der Waals surface area contributed by atoms with E-state index in [4.69, 9.17) is 0 Å². The number of benzene rings is 1. The molecular formula is C16H19F2NO5. The van der Waals surface area contributed by atoms with E-state index in [0.717, 1.165) is 12.1 Å². The van der Waals surface area contributed by atoms with Gasteiger partial charge in [0.2, 0.25) is 0 Å². The molecular weight excluding hydrogens is 324 g/mol.